The molecule has 0 radical (unpaired) electrons. The Labute approximate surface area is 788 Å². The van der Waals surface area contributed by atoms with Crippen molar-refractivity contribution in [1.29, 1.82) is 0 Å². The summed E-state index contributed by atoms with van der Waals surface area (Å²) in [6, 6.07) is 149. The molecule has 0 saturated heterocycles. The highest BCUT2D eigenvalue weighted by Crippen LogP contribution is 2.58. The number of rotatable bonds is 14. The predicted molar refractivity (Wildman–Crippen MR) is 554 cm³/mol. The van der Waals surface area contributed by atoms with E-state index >= 15 is 0 Å². The first-order chi connectivity index (χ1) is 66.1. The molecular formula is C126H89N9. The summed E-state index contributed by atoms with van der Waals surface area (Å²) in [6.45, 7) is 36.9. The number of benzene rings is 17. The third kappa shape index (κ3) is 15.8. The quantitative estimate of drug-likeness (QED) is 0.101. The maximum atomic E-state index is 7.90. The first kappa shape index (κ1) is 84.3. The number of nitrogens with zero attached hydrogens (tertiary/aromatic N) is 9. The highest BCUT2D eigenvalue weighted by atomic mass is 14.9. The van der Waals surface area contributed by atoms with Gasteiger partial charge < -0.3 is 0 Å². The van der Waals surface area contributed by atoms with Crippen LogP contribution in [0.25, 0.3) is 205 Å². The molecule has 17 aromatic carbocycles. The topological polar surface area (TPSA) is 90.4 Å². The lowest BCUT2D eigenvalue weighted by Crippen LogP contribution is -2.14. The Bertz CT molecular complexity index is 8070. The van der Waals surface area contributed by atoms with Crippen LogP contribution in [0.1, 0.15) is 74.9 Å². The van der Waals surface area contributed by atoms with Crippen molar-refractivity contribution in [3.8, 4) is 191 Å². The van der Waals surface area contributed by atoms with Crippen LogP contribution in [0.5, 0.6) is 0 Å². The van der Waals surface area contributed by atoms with E-state index in [0.717, 1.165) is 151 Å². The maximum absolute atomic E-state index is 7.90. The van der Waals surface area contributed by atoms with Crippen molar-refractivity contribution in [3.63, 3.8) is 0 Å². The molecule has 9 nitrogen and oxygen atoms in total. The predicted octanol–water partition coefficient (Wildman–Crippen LogP) is 33.3. The van der Waals surface area contributed by atoms with Gasteiger partial charge in [0, 0.05) is 66.3 Å². The maximum Gasteiger partial charge on any atom is 0.195 e. The molecule has 0 amide bonds. The van der Waals surface area contributed by atoms with Crippen molar-refractivity contribution in [2.24, 2.45) is 0 Å². The Kier molecular flexibility index (Phi) is 22.1. The fourth-order valence-corrected chi connectivity index (χ4v) is 19.9. The Morgan fingerprint density at radius 3 is 0.963 bits per heavy atom. The molecule has 3 aromatic heterocycles. The van der Waals surface area contributed by atoms with Crippen LogP contribution >= 0.6 is 0 Å². The van der Waals surface area contributed by atoms with Gasteiger partial charge in [-0.3, -0.25) is 0 Å². The first-order valence-corrected chi connectivity index (χ1v) is 45.5. The number of hydrogen-bond donors (Lipinski definition) is 0. The lowest BCUT2D eigenvalue weighted by Gasteiger charge is -2.22. The Morgan fingerprint density at radius 1 is 0.170 bits per heavy atom. The second-order valence-electron chi connectivity index (χ2n) is 36.0. The molecule has 23 rings (SSSR count). The van der Waals surface area contributed by atoms with Crippen LogP contribution in [-0.2, 0) is 16.2 Å². The molecule has 0 N–H and O–H groups in total. The van der Waals surface area contributed by atoms with Gasteiger partial charge in [-0.2, -0.15) is 0 Å². The van der Waals surface area contributed by atoms with Crippen molar-refractivity contribution in [2.75, 3.05) is 0 Å². The van der Waals surface area contributed by atoms with Crippen molar-refractivity contribution in [3.05, 3.63) is 498 Å². The minimum absolute atomic E-state index is 0.161. The van der Waals surface area contributed by atoms with E-state index in [-0.39, 0.29) is 16.2 Å². The van der Waals surface area contributed by atoms with Gasteiger partial charge in [0.05, 0.1) is 53.9 Å². The third-order valence-corrected chi connectivity index (χ3v) is 26.8. The van der Waals surface area contributed by atoms with Crippen LogP contribution < -0.4 is 0 Å². The molecule has 0 saturated carbocycles. The molecule has 0 fully saturated rings. The summed E-state index contributed by atoms with van der Waals surface area (Å²) >= 11 is 0. The zero-order valence-electron chi connectivity index (χ0n) is 75.5. The standard InChI is InChI=1S/2C44H31N3.C38H27N3/c1-44(2)37-25-24-32(27-36(37)42-38(44)22-13-23-39(42)45-3)34-20-10-11-21-35(34)41-28-40(46-43(47-41)30-16-8-5-9-17-30)33-19-12-18-31(26-33)29-14-6-4-7-15-29;1-44(2)37-19-12-20-39(45-3)42(37)36-26-25-33(27-38(36)44)34-17-10-11-18-35(34)41-28-40(46-43(47-41)32-15-8-5-9-16-32)31-23-21-30(22-24-31)29-13-6-4-7-14-29;1-38(2)32-22-21-27(39-3)23-31(32)36-30(19-12-20-33(36)38)28-17-10-11-18-29(28)35-24-34(25-13-6-4-7-14-25)40-37(41-35)26-15-8-5-9-16-26/h2*4-28H,1-2H3;4-24H,1-2H3. The second kappa shape index (κ2) is 35.4. The summed E-state index contributed by atoms with van der Waals surface area (Å²) < 4.78 is 0. The molecule has 9 heteroatoms. The van der Waals surface area contributed by atoms with Gasteiger partial charge in [-0.1, -0.05) is 430 Å². The summed E-state index contributed by atoms with van der Waals surface area (Å²) in [5, 5.41) is 0. The monoisotopic (exact) mass is 1730 g/mol. The fraction of sp³-hybridized carbons (Fsp3) is 0.0714. The average molecular weight is 1730 g/mol. The van der Waals surface area contributed by atoms with E-state index in [1.807, 2.05) is 121 Å². The van der Waals surface area contributed by atoms with E-state index in [4.69, 9.17) is 49.6 Å². The fourth-order valence-electron chi connectivity index (χ4n) is 19.9. The molecular weight excluding hydrogens is 1640 g/mol. The van der Waals surface area contributed by atoms with Crippen LogP contribution in [0.15, 0.2) is 431 Å². The van der Waals surface area contributed by atoms with E-state index in [1.165, 1.54) is 55.6 Å². The van der Waals surface area contributed by atoms with E-state index in [0.29, 0.717) is 34.5 Å². The van der Waals surface area contributed by atoms with Gasteiger partial charge in [0.2, 0.25) is 0 Å². The van der Waals surface area contributed by atoms with Gasteiger partial charge in [0.25, 0.3) is 0 Å². The normalized spacial score (nSPS) is 12.7. The number of hydrogen-bond acceptors (Lipinski definition) is 6. The first-order valence-electron chi connectivity index (χ1n) is 45.5. The van der Waals surface area contributed by atoms with Crippen molar-refractivity contribution < 1.29 is 0 Å². The van der Waals surface area contributed by atoms with Gasteiger partial charge >= 0.3 is 0 Å². The molecule has 0 unspecified atom stereocenters. The van der Waals surface area contributed by atoms with Gasteiger partial charge in [-0.25, -0.2) is 44.4 Å². The molecule has 0 spiro atoms. The second-order valence-corrected chi connectivity index (χ2v) is 36.0. The van der Waals surface area contributed by atoms with Crippen molar-refractivity contribution in [1.82, 2.24) is 29.9 Å². The van der Waals surface area contributed by atoms with Gasteiger partial charge in [0.15, 0.2) is 34.5 Å². The summed E-state index contributed by atoms with van der Waals surface area (Å²) in [6.07, 6.45) is 0. The van der Waals surface area contributed by atoms with Crippen molar-refractivity contribution >= 4 is 17.1 Å². The highest BCUT2D eigenvalue weighted by Gasteiger charge is 2.41. The van der Waals surface area contributed by atoms with E-state index < -0.39 is 0 Å². The summed E-state index contributed by atoms with van der Waals surface area (Å²) in [7, 11) is 0. The Morgan fingerprint density at radius 2 is 0.481 bits per heavy atom. The van der Waals surface area contributed by atoms with Crippen LogP contribution in [0.2, 0.25) is 0 Å². The zero-order chi connectivity index (χ0) is 91.9. The molecule has 0 atom stereocenters. The van der Waals surface area contributed by atoms with E-state index in [2.05, 4.69) is 365 Å². The lowest BCUT2D eigenvalue weighted by molar-refractivity contribution is 0.660. The summed E-state index contributed by atoms with van der Waals surface area (Å²) in [4.78, 5) is 42.2. The van der Waals surface area contributed by atoms with Crippen LogP contribution in [0, 0.1) is 19.7 Å². The highest BCUT2D eigenvalue weighted by molar-refractivity contribution is 6.00. The minimum Gasteiger partial charge on any atom is -0.238 e. The molecule has 3 aliphatic rings. The third-order valence-electron chi connectivity index (χ3n) is 26.8. The molecule has 0 aliphatic heterocycles. The molecule has 135 heavy (non-hydrogen) atoms. The van der Waals surface area contributed by atoms with E-state index in [1.54, 1.807) is 0 Å². The molecule has 3 aliphatic carbocycles. The number of fused-ring (bicyclic) bond motifs is 9. The van der Waals surface area contributed by atoms with Gasteiger partial charge in [-0.15, -0.1) is 0 Å². The van der Waals surface area contributed by atoms with Crippen LogP contribution in [-0.4, -0.2) is 29.9 Å². The Balaban J connectivity index is 0.000000122. The SMILES string of the molecule is [C-]#[N+]c1ccc2c(c1)-c1c(-c3ccccc3-c3cc(-c4ccccc4)nc(-c4ccccc4)n3)cccc1C2(C)C.[C-]#[N+]c1cccc2c1-c1cc(-c3ccccc3-c3cc(-c4cccc(-c5ccccc5)c4)nc(-c4ccccc4)n3)ccc1C2(C)C.[C-]#[N+]c1cccc2c1-c1ccc(-c3ccccc3-c3cc(-c4ccc(-c5ccccc5)cc4)nc(-c4ccccc4)n3)cc1C2(C)C. The minimum atomic E-state index is -0.217. The van der Waals surface area contributed by atoms with Crippen LogP contribution in [0.4, 0.5) is 17.1 Å². The smallest absolute Gasteiger partial charge is 0.195 e. The van der Waals surface area contributed by atoms with Gasteiger partial charge in [0.1, 0.15) is 0 Å². The van der Waals surface area contributed by atoms with E-state index in [9.17, 15) is 0 Å². The molecule has 20 aromatic rings. The van der Waals surface area contributed by atoms with Crippen molar-refractivity contribution in [2.45, 2.75) is 57.8 Å². The zero-order valence-corrected chi connectivity index (χ0v) is 75.5. The number of aromatic nitrogens is 6. The Hall–Kier alpha value is -17.6. The molecule has 3 heterocycles. The summed E-state index contributed by atoms with van der Waals surface area (Å²) in [5.74, 6) is 2.07. The largest absolute Gasteiger partial charge is 0.238 e. The molecule has 638 valence electrons. The average Bonchev–Trinajstić information content (AvgIpc) is 1.59. The van der Waals surface area contributed by atoms with Gasteiger partial charge in [-0.05, 0) is 165 Å². The summed E-state index contributed by atoms with van der Waals surface area (Å²) in [5.41, 5.74) is 41.4. The van der Waals surface area contributed by atoms with Crippen LogP contribution in [0.3, 0.4) is 0 Å². The molecule has 0 bridgehead atoms. The lowest BCUT2D eigenvalue weighted by atomic mass is 9.81.